The van der Waals surface area contributed by atoms with Gasteiger partial charge in [0.05, 0.1) is 18.1 Å². The summed E-state index contributed by atoms with van der Waals surface area (Å²) in [5, 5.41) is 3.95. The van der Waals surface area contributed by atoms with Crippen LogP contribution in [0.15, 0.2) is 23.6 Å². The first-order chi connectivity index (χ1) is 8.65. The smallest absolute Gasteiger partial charge is 0.128 e. The lowest BCUT2D eigenvalue weighted by Crippen LogP contribution is -1.93. The van der Waals surface area contributed by atoms with Crippen LogP contribution < -0.4 is 4.74 Å². The fourth-order valence-corrected chi connectivity index (χ4v) is 2.94. The Morgan fingerprint density at radius 1 is 1.39 bits per heavy atom. The van der Waals surface area contributed by atoms with E-state index < -0.39 is 0 Å². The molecule has 1 aromatic carbocycles. The highest BCUT2D eigenvalue weighted by atomic mass is 79.9. The topological polar surface area (TPSA) is 22.1 Å². The van der Waals surface area contributed by atoms with E-state index in [0.717, 1.165) is 27.3 Å². The first-order valence-corrected chi connectivity index (χ1v) is 7.84. The molecule has 0 fully saturated rings. The van der Waals surface area contributed by atoms with Crippen LogP contribution in [0.1, 0.15) is 30.3 Å². The van der Waals surface area contributed by atoms with Gasteiger partial charge in [0, 0.05) is 10.9 Å². The fraction of sp³-hybridized carbons (Fsp3) is 0.357. The largest absolute Gasteiger partial charge is 0.496 e. The highest BCUT2D eigenvalue weighted by molar-refractivity contribution is 9.08. The molecule has 0 aliphatic heterocycles. The van der Waals surface area contributed by atoms with E-state index in [2.05, 4.69) is 58.3 Å². The van der Waals surface area contributed by atoms with Crippen molar-refractivity contribution in [2.24, 2.45) is 0 Å². The monoisotopic (exact) mass is 325 g/mol. The third kappa shape index (κ3) is 2.75. The molecule has 4 heteroatoms. The third-order valence-corrected chi connectivity index (χ3v) is 4.59. The molecule has 0 saturated carbocycles. The number of methoxy groups -OCH3 is 1. The molecule has 0 unspecified atom stereocenters. The fourth-order valence-electron chi connectivity index (χ4n) is 1.77. The number of halogens is 1. The predicted molar refractivity (Wildman–Crippen MR) is 80.8 cm³/mol. The van der Waals surface area contributed by atoms with Crippen molar-refractivity contribution in [2.45, 2.75) is 25.1 Å². The number of ether oxygens (including phenoxy) is 1. The zero-order valence-electron chi connectivity index (χ0n) is 10.7. The standard InChI is InChI=1S/C14H16BrNOS/c1-9(2)10-4-5-11(13(6-10)17-3)12-8-18-14(7-15)16-12/h4-6,8-9H,7H2,1-3H3. The van der Waals surface area contributed by atoms with Crippen molar-refractivity contribution in [3.63, 3.8) is 0 Å². The van der Waals surface area contributed by atoms with Gasteiger partial charge in [-0.3, -0.25) is 0 Å². The second-order valence-corrected chi connectivity index (χ2v) is 5.88. The molecule has 0 radical (unpaired) electrons. The second-order valence-electron chi connectivity index (χ2n) is 4.37. The van der Waals surface area contributed by atoms with Crippen LogP contribution in [0.25, 0.3) is 11.3 Å². The molecule has 0 spiro atoms. The van der Waals surface area contributed by atoms with Gasteiger partial charge in [0.15, 0.2) is 0 Å². The summed E-state index contributed by atoms with van der Waals surface area (Å²) in [6.45, 7) is 4.36. The number of thiazole rings is 1. The van der Waals surface area contributed by atoms with Crippen molar-refractivity contribution < 1.29 is 4.74 Å². The number of nitrogens with zero attached hydrogens (tertiary/aromatic N) is 1. The van der Waals surface area contributed by atoms with E-state index in [1.54, 1.807) is 18.4 Å². The highest BCUT2D eigenvalue weighted by Gasteiger charge is 2.11. The Balaban J connectivity index is 2.44. The van der Waals surface area contributed by atoms with Gasteiger partial charge in [0.1, 0.15) is 10.8 Å². The maximum absolute atomic E-state index is 5.49. The summed E-state index contributed by atoms with van der Waals surface area (Å²) in [6, 6.07) is 6.35. The van der Waals surface area contributed by atoms with E-state index >= 15 is 0 Å². The van der Waals surface area contributed by atoms with Crippen molar-refractivity contribution in [1.82, 2.24) is 4.98 Å². The molecule has 0 N–H and O–H groups in total. The van der Waals surface area contributed by atoms with Gasteiger partial charge in [-0.1, -0.05) is 35.8 Å². The van der Waals surface area contributed by atoms with E-state index in [1.807, 2.05) is 0 Å². The van der Waals surface area contributed by atoms with Crippen LogP contribution in [-0.2, 0) is 5.33 Å². The molecule has 0 atom stereocenters. The van der Waals surface area contributed by atoms with E-state index in [9.17, 15) is 0 Å². The molecule has 1 aromatic heterocycles. The van der Waals surface area contributed by atoms with Gasteiger partial charge < -0.3 is 4.74 Å². The zero-order valence-corrected chi connectivity index (χ0v) is 13.1. The van der Waals surface area contributed by atoms with Crippen LogP contribution in [0.2, 0.25) is 0 Å². The first-order valence-electron chi connectivity index (χ1n) is 5.84. The van der Waals surface area contributed by atoms with Crippen molar-refractivity contribution in [3.8, 4) is 17.0 Å². The SMILES string of the molecule is COc1cc(C(C)C)ccc1-c1csc(CBr)n1. The summed E-state index contributed by atoms with van der Waals surface area (Å²) in [4.78, 5) is 4.57. The van der Waals surface area contributed by atoms with Crippen LogP contribution in [0.3, 0.4) is 0 Å². The van der Waals surface area contributed by atoms with Crippen molar-refractivity contribution in [2.75, 3.05) is 7.11 Å². The van der Waals surface area contributed by atoms with Gasteiger partial charge >= 0.3 is 0 Å². The molecule has 0 amide bonds. The number of hydrogen-bond acceptors (Lipinski definition) is 3. The second kappa shape index (κ2) is 5.85. The van der Waals surface area contributed by atoms with Crippen LogP contribution >= 0.6 is 27.3 Å². The van der Waals surface area contributed by atoms with Crippen molar-refractivity contribution >= 4 is 27.3 Å². The van der Waals surface area contributed by atoms with Crippen LogP contribution in [0, 0.1) is 0 Å². The summed E-state index contributed by atoms with van der Waals surface area (Å²) < 4.78 is 5.49. The molecule has 0 saturated heterocycles. The molecule has 18 heavy (non-hydrogen) atoms. The Bertz CT molecular complexity index is 536. The van der Waals surface area contributed by atoms with Gasteiger partial charge in [-0.2, -0.15) is 0 Å². The molecular weight excluding hydrogens is 310 g/mol. The summed E-state index contributed by atoms with van der Waals surface area (Å²) >= 11 is 5.09. The lowest BCUT2D eigenvalue weighted by molar-refractivity contribution is 0.415. The van der Waals surface area contributed by atoms with Crippen molar-refractivity contribution in [3.05, 3.63) is 34.2 Å². The van der Waals surface area contributed by atoms with Gasteiger partial charge in [-0.05, 0) is 23.6 Å². The average Bonchev–Trinajstić information content (AvgIpc) is 2.86. The van der Waals surface area contributed by atoms with E-state index in [0.29, 0.717) is 5.92 Å². The van der Waals surface area contributed by atoms with Crippen molar-refractivity contribution in [1.29, 1.82) is 0 Å². The maximum Gasteiger partial charge on any atom is 0.128 e. The maximum atomic E-state index is 5.49. The minimum Gasteiger partial charge on any atom is -0.496 e. The number of alkyl halides is 1. The summed E-state index contributed by atoms with van der Waals surface area (Å²) in [7, 11) is 1.71. The number of aromatic nitrogens is 1. The Labute approximate surface area is 120 Å². The molecule has 1 heterocycles. The van der Waals surface area contributed by atoms with Gasteiger partial charge in [0.2, 0.25) is 0 Å². The minimum atomic E-state index is 0.501. The molecule has 0 aliphatic rings. The minimum absolute atomic E-state index is 0.501. The lowest BCUT2D eigenvalue weighted by atomic mass is 10.00. The molecule has 0 bridgehead atoms. The normalized spacial score (nSPS) is 10.9. The van der Waals surface area contributed by atoms with E-state index in [-0.39, 0.29) is 0 Å². The quantitative estimate of drug-likeness (QED) is 0.750. The average molecular weight is 326 g/mol. The Hall–Kier alpha value is -0.870. The molecule has 2 nitrogen and oxygen atoms in total. The number of hydrogen-bond donors (Lipinski definition) is 0. The molecule has 2 aromatic rings. The Morgan fingerprint density at radius 2 is 2.17 bits per heavy atom. The van der Waals surface area contributed by atoms with Crippen LogP contribution in [0.5, 0.6) is 5.75 Å². The molecular formula is C14H16BrNOS. The summed E-state index contributed by atoms with van der Waals surface area (Å²) in [5.41, 5.74) is 3.33. The first kappa shape index (κ1) is 13.6. The summed E-state index contributed by atoms with van der Waals surface area (Å²) in [5.74, 6) is 1.40. The van der Waals surface area contributed by atoms with Crippen LogP contribution in [0.4, 0.5) is 0 Å². The number of benzene rings is 1. The van der Waals surface area contributed by atoms with E-state index in [1.165, 1.54) is 5.56 Å². The van der Waals surface area contributed by atoms with Gasteiger partial charge in [-0.25, -0.2) is 4.98 Å². The third-order valence-electron chi connectivity index (χ3n) is 2.83. The van der Waals surface area contributed by atoms with Crippen LogP contribution in [-0.4, -0.2) is 12.1 Å². The van der Waals surface area contributed by atoms with Gasteiger partial charge in [-0.15, -0.1) is 11.3 Å². The number of rotatable bonds is 4. The molecule has 96 valence electrons. The Morgan fingerprint density at radius 3 is 2.72 bits per heavy atom. The molecule has 0 aliphatic carbocycles. The van der Waals surface area contributed by atoms with Gasteiger partial charge in [0.25, 0.3) is 0 Å². The summed E-state index contributed by atoms with van der Waals surface area (Å²) in [6.07, 6.45) is 0. The predicted octanol–water partition coefficient (Wildman–Crippen LogP) is 4.84. The lowest BCUT2D eigenvalue weighted by Gasteiger charge is -2.11. The Kier molecular flexibility index (Phi) is 4.40. The zero-order chi connectivity index (χ0) is 13.1. The van der Waals surface area contributed by atoms with E-state index in [4.69, 9.17) is 4.74 Å². The molecule has 2 rings (SSSR count). The highest BCUT2D eigenvalue weighted by Crippen LogP contribution is 2.33.